The van der Waals surface area contributed by atoms with Gasteiger partial charge in [0, 0.05) is 17.6 Å². The maximum atomic E-state index is 13.2. The predicted octanol–water partition coefficient (Wildman–Crippen LogP) is 5.47. The number of fused-ring (bicyclic) bond motifs is 1. The first-order valence-electron chi connectivity index (χ1n) is 17.0. The van der Waals surface area contributed by atoms with Crippen LogP contribution in [0.15, 0.2) is 41.5 Å². The van der Waals surface area contributed by atoms with Crippen molar-refractivity contribution < 1.29 is 37.3 Å². The molecule has 1 aromatic carbocycles. The third kappa shape index (κ3) is 9.98. The van der Waals surface area contributed by atoms with E-state index in [0.29, 0.717) is 5.56 Å². The highest BCUT2D eigenvalue weighted by molar-refractivity contribution is 7.44. The van der Waals surface area contributed by atoms with Gasteiger partial charge in [-0.15, -0.1) is 0 Å². The number of nitrogens with one attached hydrogen (secondary N) is 2. The highest BCUT2D eigenvalue weighted by Gasteiger charge is 2.52. The van der Waals surface area contributed by atoms with Gasteiger partial charge in [-0.1, -0.05) is 18.2 Å². The fourth-order valence-electron chi connectivity index (χ4n) is 5.57. The molecule has 51 heavy (non-hydrogen) atoms. The summed E-state index contributed by atoms with van der Waals surface area (Å²) in [5.74, 6) is -0.548. The zero-order valence-electron chi connectivity index (χ0n) is 29.9. The second kappa shape index (κ2) is 16.7. The number of carbonyl (C=O) groups is 2. The van der Waals surface area contributed by atoms with Crippen LogP contribution in [-0.2, 0) is 27.7 Å². The van der Waals surface area contributed by atoms with Crippen LogP contribution in [0.5, 0.6) is 0 Å². The highest BCUT2D eigenvalue weighted by atomic mass is 31.2. The molecule has 5 rings (SSSR count). The summed E-state index contributed by atoms with van der Waals surface area (Å²) in [7, 11) is -4.15. The Morgan fingerprint density at radius 2 is 1.86 bits per heavy atom. The Morgan fingerprint density at radius 3 is 2.49 bits per heavy atom. The molecule has 16 nitrogen and oxygen atoms in total. The van der Waals surface area contributed by atoms with Gasteiger partial charge in [-0.25, -0.2) is 14.4 Å². The topological polar surface area (TPSA) is 192 Å². The van der Waals surface area contributed by atoms with E-state index < -0.39 is 59.0 Å². The van der Waals surface area contributed by atoms with Gasteiger partial charge in [-0.3, -0.25) is 24.5 Å². The summed E-state index contributed by atoms with van der Waals surface area (Å²) in [5, 5.41) is 11.9. The minimum absolute atomic E-state index is 0.00827. The number of ether oxygens (including phenoxy) is 3. The van der Waals surface area contributed by atoms with Gasteiger partial charge in [0.1, 0.15) is 31.0 Å². The fourth-order valence-corrected chi connectivity index (χ4v) is 8.41. The van der Waals surface area contributed by atoms with Crippen molar-refractivity contribution in [3.8, 4) is 6.07 Å². The maximum Gasteiger partial charge on any atom is 0.508 e. The van der Waals surface area contributed by atoms with E-state index in [1.165, 1.54) is 6.33 Å². The minimum Gasteiger partial charge on any atom is -0.431 e. The Balaban J connectivity index is 1.54. The molecule has 0 bridgehead atoms. The molecule has 1 amide bonds. The number of imidazole rings is 1. The Labute approximate surface area is 298 Å². The van der Waals surface area contributed by atoms with Crippen molar-refractivity contribution in [3.63, 3.8) is 0 Å². The number of anilines is 1. The van der Waals surface area contributed by atoms with Gasteiger partial charge in [0.05, 0.1) is 25.4 Å². The lowest BCUT2D eigenvalue weighted by atomic mass is 10.1. The molecule has 2 unspecified atom stereocenters. The van der Waals surface area contributed by atoms with Crippen LogP contribution in [0.2, 0.25) is 19.6 Å². The number of hydrogen-bond acceptors (Lipinski definition) is 13. The van der Waals surface area contributed by atoms with E-state index in [0.717, 1.165) is 12.8 Å². The van der Waals surface area contributed by atoms with Gasteiger partial charge in [0.2, 0.25) is 5.95 Å². The molecule has 0 spiro atoms. The van der Waals surface area contributed by atoms with Crippen molar-refractivity contribution in [3.05, 3.63) is 52.6 Å². The molecule has 1 saturated heterocycles. The number of benzene rings is 1. The zero-order valence-corrected chi connectivity index (χ0v) is 31.8. The van der Waals surface area contributed by atoms with Crippen LogP contribution in [0.25, 0.3) is 11.2 Å². The average Bonchev–Trinajstić information content (AvgIpc) is 3.68. The number of aromatic amines is 1. The van der Waals surface area contributed by atoms with Gasteiger partial charge >= 0.3 is 6.16 Å². The largest absolute Gasteiger partial charge is 0.508 e. The molecule has 3 heterocycles. The summed E-state index contributed by atoms with van der Waals surface area (Å²) in [6.07, 6.45) is -1.35. The van der Waals surface area contributed by atoms with E-state index in [1.807, 2.05) is 47.3 Å². The highest BCUT2D eigenvalue weighted by Crippen LogP contribution is 2.51. The molecule has 2 aliphatic rings. The van der Waals surface area contributed by atoms with E-state index >= 15 is 0 Å². The Kier molecular flexibility index (Phi) is 12.6. The SMILES string of the molecule is CC(C)N(C(C)C)P(OCCC#N)O[C@H]1C(O[Si](C)(C)C)[C@H](n2cnc3c(=O)[nH]c(NC(=O)c4ccccc4)nc32)O[C@@H]1COC(=O)OC1CC1. The summed E-state index contributed by atoms with van der Waals surface area (Å²) in [5.41, 5.74) is -0.0496. The van der Waals surface area contributed by atoms with E-state index in [1.54, 1.807) is 34.9 Å². The Bertz CT molecular complexity index is 1750. The molecule has 5 atom stereocenters. The van der Waals surface area contributed by atoms with Crippen molar-refractivity contribution in [2.45, 2.75) is 109 Å². The van der Waals surface area contributed by atoms with Crippen molar-refractivity contribution in [1.29, 1.82) is 5.26 Å². The van der Waals surface area contributed by atoms with Crippen LogP contribution in [0, 0.1) is 11.3 Å². The lowest BCUT2D eigenvalue weighted by Gasteiger charge is -2.39. The lowest BCUT2D eigenvalue weighted by molar-refractivity contribution is -0.0599. The number of H-pyrrole nitrogens is 1. The first-order chi connectivity index (χ1) is 24.3. The number of nitrogens with zero attached hydrogens (tertiary/aromatic N) is 5. The zero-order chi connectivity index (χ0) is 36.9. The predicted molar refractivity (Wildman–Crippen MR) is 190 cm³/mol. The molecule has 276 valence electrons. The van der Waals surface area contributed by atoms with E-state index in [-0.39, 0.29) is 54.9 Å². The average molecular weight is 744 g/mol. The molecular formula is C33H46N7O9PSi. The maximum absolute atomic E-state index is 13.2. The summed E-state index contributed by atoms with van der Waals surface area (Å²) >= 11 is 0. The van der Waals surface area contributed by atoms with Crippen LogP contribution in [-0.4, -0.2) is 94.3 Å². The first-order valence-corrected chi connectivity index (χ1v) is 21.5. The number of nitriles is 1. The molecule has 0 radical (unpaired) electrons. The van der Waals surface area contributed by atoms with Gasteiger partial charge in [0.25, 0.3) is 20.0 Å². The Morgan fingerprint density at radius 1 is 1.16 bits per heavy atom. The summed E-state index contributed by atoms with van der Waals surface area (Å²) in [6.45, 7) is 14.1. The third-order valence-corrected chi connectivity index (χ3v) is 10.9. The van der Waals surface area contributed by atoms with Crippen molar-refractivity contribution in [2.24, 2.45) is 0 Å². The van der Waals surface area contributed by atoms with E-state index in [9.17, 15) is 19.6 Å². The monoisotopic (exact) mass is 743 g/mol. The van der Waals surface area contributed by atoms with Crippen LogP contribution >= 0.6 is 8.53 Å². The molecular weight excluding hydrogens is 697 g/mol. The van der Waals surface area contributed by atoms with Gasteiger partial charge in [-0.05, 0) is 72.3 Å². The number of hydrogen-bond donors (Lipinski definition) is 2. The van der Waals surface area contributed by atoms with E-state index in [2.05, 4.69) is 31.0 Å². The van der Waals surface area contributed by atoms with Gasteiger partial charge < -0.3 is 27.7 Å². The molecule has 2 aromatic heterocycles. The molecule has 2 fully saturated rings. The summed E-state index contributed by atoms with van der Waals surface area (Å²) in [6, 6.07) is 10.7. The smallest absolute Gasteiger partial charge is 0.431 e. The lowest BCUT2D eigenvalue weighted by Crippen LogP contribution is -2.45. The summed E-state index contributed by atoms with van der Waals surface area (Å²) < 4.78 is 41.0. The number of aromatic nitrogens is 4. The molecule has 1 aliphatic carbocycles. The van der Waals surface area contributed by atoms with E-state index in [4.69, 9.17) is 27.7 Å². The second-order valence-electron chi connectivity index (χ2n) is 13.8. The van der Waals surface area contributed by atoms with Crippen LogP contribution in [0.1, 0.15) is 63.5 Å². The first kappa shape index (κ1) is 38.5. The summed E-state index contributed by atoms with van der Waals surface area (Å²) in [4.78, 5) is 50.2. The molecule has 3 aromatic rings. The Hall–Kier alpha value is -3.75. The minimum atomic E-state index is -2.37. The standard InChI is InChI=1S/C33H46N7O9PSi/c1-20(2)40(21(3)4)50(45-17-11-16-34)48-26-24(18-44-33(43)46-23-14-15-23)47-31(27(26)49-51(5,6)7)39-19-35-25-28(39)36-32(38-30(25)42)37-29(41)22-12-9-8-10-13-22/h8-10,12-13,19-21,23-24,26-27,31H,11,14-15,17-18H2,1-7H3,(H2,36,37,38,41,42)/t24-,26-,27?,31-,50?/m1/s1. The fraction of sp³-hybridized carbons (Fsp3) is 0.576. The molecule has 18 heteroatoms. The van der Waals surface area contributed by atoms with Crippen molar-refractivity contribution >= 4 is 46.0 Å². The molecule has 2 N–H and O–H groups in total. The molecule has 1 saturated carbocycles. The van der Waals surface area contributed by atoms with Crippen molar-refractivity contribution in [2.75, 3.05) is 18.5 Å². The van der Waals surface area contributed by atoms with Crippen LogP contribution < -0.4 is 10.9 Å². The van der Waals surface area contributed by atoms with Crippen molar-refractivity contribution in [1.82, 2.24) is 24.2 Å². The van der Waals surface area contributed by atoms with Crippen LogP contribution in [0.4, 0.5) is 10.7 Å². The second-order valence-corrected chi connectivity index (χ2v) is 19.7. The quantitative estimate of drug-likeness (QED) is 0.0814. The van der Waals surface area contributed by atoms with Gasteiger partial charge in [-0.2, -0.15) is 10.2 Å². The number of amides is 1. The normalized spacial score (nSPS) is 21.3. The number of carbonyl (C=O) groups excluding carboxylic acids is 2. The van der Waals surface area contributed by atoms with Gasteiger partial charge in [0.15, 0.2) is 25.7 Å². The molecule has 1 aliphatic heterocycles. The van der Waals surface area contributed by atoms with Crippen LogP contribution in [0.3, 0.4) is 0 Å². The number of rotatable bonds is 16. The third-order valence-electron chi connectivity index (χ3n) is 7.78.